The largest absolute Gasteiger partial charge is 0.489 e. The molecule has 0 unspecified atom stereocenters. The van der Waals surface area contributed by atoms with Crippen LogP contribution in [0.15, 0.2) is 12.1 Å². The van der Waals surface area contributed by atoms with Crippen molar-refractivity contribution >= 4 is 54.7 Å². The van der Waals surface area contributed by atoms with Gasteiger partial charge in [-0.1, -0.05) is 17.7 Å². The first-order valence-electron chi connectivity index (χ1n) is 14.9. The summed E-state index contributed by atoms with van der Waals surface area (Å²) in [7, 11) is 0. The maximum absolute atomic E-state index is 17.0. The molecule has 234 valence electrons. The maximum Gasteiger partial charge on any atom is 0.319 e. The number of anilines is 2. The molecule has 45 heavy (non-hydrogen) atoms. The molecule has 0 saturated carbocycles. The number of nitrogens with two attached hydrogens (primary N) is 1. The summed E-state index contributed by atoms with van der Waals surface area (Å²) in [6.07, 6.45) is 1.43. The number of nitrogen functional groups attached to an aromatic ring is 1. The fourth-order valence-corrected chi connectivity index (χ4v) is 8.96. The van der Waals surface area contributed by atoms with Gasteiger partial charge in [0.25, 0.3) is 0 Å². The highest BCUT2D eigenvalue weighted by Crippen LogP contribution is 2.51. The molecule has 3 fully saturated rings. The van der Waals surface area contributed by atoms with Crippen LogP contribution < -0.4 is 20.1 Å². The van der Waals surface area contributed by atoms with Gasteiger partial charge in [-0.3, -0.25) is 4.90 Å². The van der Waals surface area contributed by atoms with E-state index in [0.717, 1.165) is 30.7 Å². The lowest BCUT2D eigenvalue weighted by Crippen LogP contribution is -2.47. The molecular weight excluding hydrogens is 629 g/mol. The number of nitriles is 1. The number of aliphatic hydroxyl groups excluding tert-OH is 1. The average molecular weight is 657 g/mol. The summed E-state index contributed by atoms with van der Waals surface area (Å²) in [6.45, 7) is 1.84. The topological polar surface area (TPSA) is 121 Å². The number of piperidine rings is 1. The molecule has 2 aromatic carbocycles. The number of rotatable bonds is 4. The lowest BCUT2D eigenvalue weighted by atomic mass is 9.95. The van der Waals surface area contributed by atoms with Crippen LogP contribution in [0, 0.1) is 23.0 Å². The Balaban J connectivity index is 1.34. The first-order valence-corrected chi connectivity index (χ1v) is 16.1. The summed E-state index contributed by atoms with van der Waals surface area (Å²) in [5, 5.41) is 20.8. The van der Waals surface area contributed by atoms with Crippen molar-refractivity contribution in [1.82, 2.24) is 14.9 Å². The van der Waals surface area contributed by atoms with E-state index >= 15 is 4.39 Å². The Morgan fingerprint density at radius 1 is 1.27 bits per heavy atom. The van der Waals surface area contributed by atoms with Crippen molar-refractivity contribution in [3.63, 3.8) is 0 Å². The van der Waals surface area contributed by atoms with Crippen molar-refractivity contribution in [3.8, 4) is 29.0 Å². The second kappa shape index (κ2) is 10.5. The van der Waals surface area contributed by atoms with Crippen LogP contribution in [-0.2, 0) is 0 Å². The molecule has 0 bridgehead atoms. The third-order valence-corrected chi connectivity index (χ3v) is 11.1. The van der Waals surface area contributed by atoms with Crippen molar-refractivity contribution in [3.05, 3.63) is 34.4 Å². The number of benzene rings is 2. The number of aliphatic hydroxyl groups is 1. The number of ether oxygens (including phenoxy) is 2. The third-order valence-electron chi connectivity index (χ3n) is 9.75. The van der Waals surface area contributed by atoms with E-state index in [1.54, 1.807) is 0 Å². The summed E-state index contributed by atoms with van der Waals surface area (Å²) >= 11 is 7.87. The SMILES string of the molecule is N#Cc1c(N)sc2c(F)ccc(-c3c(Cl)c4c5c(nc(OC[C@@]67CCCN6C[C@H](F)C7)nc5c3F)N3CC[C@@H](O)C[C@H]3CO4)c12. The molecule has 0 aliphatic carbocycles. The van der Waals surface area contributed by atoms with E-state index in [2.05, 4.69) is 9.88 Å². The highest BCUT2D eigenvalue weighted by atomic mass is 35.5. The lowest BCUT2D eigenvalue weighted by molar-refractivity contribution is 0.107. The van der Waals surface area contributed by atoms with Crippen molar-refractivity contribution in [2.24, 2.45) is 0 Å². The summed E-state index contributed by atoms with van der Waals surface area (Å²) in [5.74, 6) is -0.913. The van der Waals surface area contributed by atoms with E-state index in [0.29, 0.717) is 38.2 Å². The highest BCUT2D eigenvalue weighted by molar-refractivity contribution is 7.23. The molecule has 8 rings (SSSR count). The summed E-state index contributed by atoms with van der Waals surface area (Å²) in [5.41, 5.74) is 5.54. The number of aromatic nitrogens is 2. The number of hydrogen-bond acceptors (Lipinski definition) is 10. The Hall–Kier alpha value is -3.57. The standard InChI is InChI=1S/C31H28ClF3N6O3S/c32-23-21(17-2-3-19(34)27-20(17)18(10-36)28(37)45-27)24(35)25-22-26(23)43-12-15-8-16(42)4-7-41(15)29(22)39-30(38-25)44-13-31-5-1-6-40(31)11-14(33)9-31/h2-3,14-16,42H,1,4-9,11-13,37H2/t14-,15+,16-,31+/m1/s1. The molecule has 9 nitrogen and oxygen atoms in total. The van der Waals surface area contributed by atoms with Crippen LogP contribution in [-0.4, -0.2) is 76.7 Å². The van der Waals surface area contributed by atoms with Gasteiger partial charge in [0.15, 0.2) is 11.6 Å². The molecule has 6 heterocycles. The zero-order chi connectivity index (χ0) is 31.2. The van der Waals surface area contributed by atoms with Gasteiger partial charge >= 0.3 is 6.01 Å². The first kappa shape index (κ1) is 28.9. The number of fused-ring (bicyclic) bond motifs is 4. The smallest absolute Gasteiger partial charge is 0.319 e. The van der Waals surface area contributed by atoms with Crippen molar-refractivity contribution in [2.75, 3.05) is 43.5 Å². The van der Waals surface area contributed by atoms with Crippen LogP contribution >= 0.6 is 22.9 Å². The van der Waals surface area contributed by atoms with Gasteiger partial charge in [0.1, 0.15) is 47.6 Å². The molecule has 3 N–H and O–H groups in total. The predicted molar refractivity (Wildman–Crippen MR) is 165 cm³/mol. The third kappa shape index (κ3) is 4.33. The maximum atomic E-state index is 17.0. The van der Waals surface area contributed by atoms with Gasteiger partial charge in [-0.15, -0.1) is 11.3 Å². The molecule has 4 aliphatic rings. The van der Waals surface area contributed by atoms with Gasteiger partial charge in [-0.25, -0.2) is 13.2 Å². The van der Waals surface area contributed by atoms with Crippen LogP contribution in [0.3, 0.4) is 0 Å². The van der Waals surface area contributed by atoms with Gasteiger partial charge in [0.2, 0.25) is 0 Å². The van der Waals surface area contributed by atoms with Crippen molar-refractivity contribution in [2.45, 2.75) is 56.0 Å². The van der Waals surface area contributed by atoms with Gasteiger partial charge < -0.3 is 25.2 Å². The van der Waals surface area contributed by atoms with Crippen molar-refractivity contribution in [1.29, 1.82) is 5.26 Å². The minimum Gasteiger partial charge on any atom is -0.489 e. The Labute approximate surface area is 264 Å². The fraction of sp³-hybridized carbons (Fsp3) is 0.452. The zero-order valence-electron chi connectivity index (χ0n) is 24.0. The van der Waals surface area contributed by atoms with Crippen molar-refractivity contribution < 1.29 is 27.8 Å². The highest BCUT2D eigenvalue weighted by Gasteiger charge is 2.49. The number of alkyl halides is 1. The minimum absolute atomic E-state index is 0.0217. The van der Waals surface area contributed by atoms with Crippen LogP contribution in [0.4, 0.5) is 24.0 Å². The van der Waals surface area contributed by atoms with E-state index in [1.807, 2.05) is 11.0 Å². The molecule has 0 amide bonds. The predicted octanol–water partition coefficient (Wildman–Crippen LogP) is 5.57. The summed E-state index contributed by atoms with van der Waals surface area (Å²) in [6, 6.07) is 4.20. The van der Waals surface area contributed by atoms with E-state index < -0.39 is 29.4 Å². The molecule has 4 aromatic rings. The number of hydrogen-bond donors (Lipinski definition) is 2. The van der Waals surface area contributed by atoms with E-state index in [-0.39, 0.29) is 78.7 Å². The zero-order valence-corrected chi connectivity index (χ0v) is 25.5. The second-order valence-electron chi connectivity index (χ2n) is 12.3. The van der Waals surface area contributed by atoms with Crippen LogP contribution in [0.1, 0.15) is 37.7 Å². The molecule has 4 atom stereocenters. The van der Waals surface area contributed by atoms with Gasteiger partial charge in [0.05, 0.1) is 38.4 Å². The number of halogens is 4. The molecule has 0 spiro atoms. The Morgan fingerprint density at radius 2 is 2.11 bits per heavy atom. The molecule has 2 aromatic heterocycles. The Kier molecular flexibility index (Phi) is 6.73. The average Bonchev–Trinajstić information content (AvgIpc) is 3.62. The Morgan fingerprint density at radius 3 is 2.93 bits per heavy atom. The summed E-state index contributed by atoms with van der Waals surface area (Å²) < 4.78 is 58.9. The molecule has 14 heteroatoms. The molecule has 0 radical (unpaired) electrons. The molecular formula is C31H28ClF3N6O3S. The lowest BCUT2D eigenvalue weighted by Gasteiger charge is -2.37. The van der Waals surface area contributed by atoms with Gasteiger partial charge in [-0.05, 0) is 43.9 Å². The molecule has 3 saturated heterocycles. The monoisotopic (exact) mass is 656 g/mol. The van der Waals surface area contributed by atoms with Crippen LogP contribution in [0.2, 0.25) is 5.02 Å². The van der Waals surface area contributed by atoms with Crippen LogP contribution in [0.5, 0.6) is 11.8 Å². The second-order valence-corrected chi connectivity index (χ2v) is 13.8. The fourth-order valence-electron chi connectivity index (χ4n) is 7.68. The quantitative estimate of drug-likeness (QED) is 0.290. The number of thiophene rings is 1. The Bertz CT molecular complexity index is 1940. The summed E-state index contributed by atoms with van der Waals surface area (Å²) in [4.78, 5) is 13.4. The van der Waals surface area contributed by atoms with E-state index in [4.69, 9.17) is 31.8 Å². The number of nitrogens with zero attached hydrogens (tertiary/aromatic N) is 5. The van der Waals surface area contributed by atoms with Crippen LogP contribution in [0.25, 0.3) is 32.1 Å². The molecule has 4 aliphatic heterocycles. The van der Waals surface area contributed by atoms with E-state index in [9.17, 15) is 19.1 Å². The van der Waals surface area contributed by atoms with Gasteiger partial charge in [0, 0.05) is 30.5 Å². The normalized spacial score (nSPS) is 26.0. The van der Waals surface area contributed by atoms with Gasteiger partial charge in [-0.2, -0.15) is 15.2 Å². The van der Waals surface area contributed by atoms with E-state index in [1.165, 1.54) is 12.1 Å². The minimum atomic E-state index is -0.949. The first-order chi connectivity index (χ1) is 21.7.